The van der Waals surface area contributed by atoms with Gasteiger partial charge >= 0.3 is 0 Å². The van der Waals surface area contributed by atoms with Crippen LogP contribution in [-0.2, 0) is 20.9 Å². The zero-order chi connectivity index (χ0) is 20.5. The molecular weight excluding hydrogens is 361 g/mol. The molecule has 1 unspecified atom stereocenters. The van der Waals surface area contributed by atoms with Crippen molar-refractivity contribution in [2.45, 2.75) is 19.6 Å². The number of carbonyl (C=O) groups excluding carboxylic acids is 2. The Morgan fingerprint density at radius 3 is 2.54 bits per heavy atom. The van der Waals surface area contributed by atoms with Crippen LogP contribution in [0.3, 0.4) is 0 Å². The van der Waals surface area contributed by atoms with Gasteiger partial charge in [0.25, 0.3) is 6.47 Å². The quantitative estimate of drug-likeness (QED) is 0.613. The Bertz CT molecular complexity index is 796. The van der Waals surface area contributed by atoms with Gasteiger partial charge in [0.1, 0.15) is 11.9 Å². The zero-order valence-electron chi connectivity index (χ0n) is 16.4. The van der Waals surface area contributed by atoms with Gasteiger partial charge in [0.05, 0.1) is 13.1 Å². The SMILES string of the molecule is CNCc1ccc(-c2ccc(N(C)CC(CNC(C)=O)OC=O)cc2F)cc1. The second-order valence-corrected chi connectivity index (χ2v) is 6.56. The van der Waals surface area contributed by atoms with Crippen LogP contribution in [-0.4, -0.2) is 45.7 Å². The molecule has 0 bridgehead atoms. The van der Waals surface area contributed by atoms with Crippen LogP contribution < -0.4 is 15.5 Å². The summed E-state index contributed by atoms with van der Waals surface area (Å²) >= 11 is 0. The lowest BCUT2D eigenvalue weighted by atomic mass is 10.0. The summed E-state index contributed by atoms with van der Waals surface area (Å²) in [6, 6.07) is 12.7. The van der Waals surface area contributed by atoms with E-state index in [2.05, 4.69) is 10.6 Å². The fraction of sp³-hybridized carbons (Fsp3) is 0.333. The fourth-order valence-electron chi connectivity index (χ4n) is 2.88. The van der Waals surface area contributed by atoms with Gasteiger partial charge in [0, 0.05) is 31.8 Å². The van der Waals surface area contributed by atoms with Gasteiger partial charge in [-0.15, -0.1) is 0 Å². The van der Waals surface area contributed by atoms with Crippen LogP contribution in [0.4, 0.5) is 10.1 Å². The number of hydrogen-bond donors (Lipinski definition) is 2. The predicted octanol–water partition coefficient (Wildman–Crippen LogP) is 2.33. The van der Waals surface area contributed by atoms with Gasteiger partial charge in [0.15, 0.2) is 0 Å². The molecule has 2 N–H and O–H groups in total. The first-order valence-electron chi connectivity index (χ1n) is 9.02. The number of halogens is 1. The minimum Gasteiger partial charge on any atom is -0.461 e. The molecule has 1 atom stereocenters. The van der Waals surface area contributed by atoms with E-state index in [1.165, 1.54) is 13.0 Å². The van der Waals surface area contributed by atoms with Crippen LogP contribution in [0.5, 0.6) is 0 Å². The lowest BCUT2D eigenvalue weighted by Gasteiger charge is -2.25. The highest BCUT2D eigenvalue weighted by molar-refractivity contribution is 5.72. The molecule has 0 aliphatic rings. The van der Waals surface area contributed by atoms with Crippen LogP contribution >= 0.6 is 0 Å². The monoisotopic (exact) mass is 387 g/mol. The molecule has 1 amide bonds. The number of hydrogen-bond acceptors (Lipinski definition) is 5. The fourth-order valence-corrected chi connectivity index (χ4v) is 2.88. The molecule has 2 rings (SSSR count). The Morgan fingerprint density at radius 2 is 1.96 bits per heavy atom. The first-order chi connectivity index (χ1) is 13.4. The van der Waals surface area contributed by atoms with E-state index in [1.807, 2.05) is 37.4 Å². The molecule has 0 aliphatic carbocycles. The third-order valence-electron chi connectivity index (χ3n) is 4.34. The summed E-state index contributed by atoms with van der Waals surface area (Å²) in [5.41, 5.74) is 3.10. The normalized spacial score (nSPS) is 11.6. The standard InChI is InChI=1S/C21H26FN3O3/c1-15(27)24-12-19(28-14-26)13-25(3)18-8-9-20(21(22)10-18)17-6-4-16(5-7-17)11-23-2/h4-10,14,19,23H,11-13H2,1-3H3,(H,24,27). The molecule has 7 heteroatoms. The van der Waals surface area contributed by atoms with Crippen molar-refractivity contribution in [3.8, 4) is 11.1 Å². The van der Waals surface area contributed by atoms with Gasteiger partial charge in [-0.2, -0.15) is 0 Å². The van der Waals surface area contributed by atoms with Crippen molar-refractivity contribution in [2.75, 3.05) is 32.1 Å². The second kappa shape index (κ2) is 10.4. The second-order valence-electron chi connectivity index (χ2n) is 6.56. The molecule has 0 aromatic heterocycles. The zero-order valence-corrected chi connectivity index (χ0v) is 16.4. The van der Waals surface area contributed by atoms with Crippen molar-refractivity contribution in [1.29, 1.82) is 0 Å². The van der Waals surface area contributed by atoms with Crippen LogP contribution in [0.1, 0.15) is 12.5 Å². The highest BCUT2D eigenvalue weighted by atomic mass is 19.1. The van der Waals surface area contributed by atoms with E-state index in [4.69, 9.17) is 4.74 Å². The Labute approximate surface area is 164 Å². The number of nitrogens with one attached hydrogen (secondary N) is 2. The van der Waals surface area contributed by atoms with E-state index in [0.717, 1.165) is 17.7 Å². The van der Waals surface area contributed by atoms with Gasteiger partial charge in [-0.25, -0.2) is 4.39 Å². The topological polar surface area (TPSA) is 70.7 Å². The number of benzene rings is 2. The number of rotatable bonds is 10. The molecule has 0 saturated heterocycles. The summed E-state index contributed by atoms with van der Waals surface area (Å²) in [5, 5.41) is 5.69. The molecule has 0 radical (unpaired) electrons. The van der Waals surface area contributed by atoms with Gasteiger partial charge < -0.3 is 20.3 Å². The maximum Gasteiger partial charge on any atom is 0.293 e. The van der Waals surface area contributed by atoms with Gasteiger partial charge in [0.2, 0.25) is 5.91 Å². The lowest BCUT2D eigenvalue weighted by molar-refractivity contribution is -0.134. The van der Waals surface area contributed by atoms with E-state index in [0.29, 0.717) is 24.3 Å². The highest BCUT2D eigenvalue weighted by Gasteiger charge is 2.15. The first kappa shape index (κ1) is 21.4. The lowest BCUT2D eigenvalue weighted by Crippen LogP contribution is -2.39. The van der Waals surface area contributed by atoms with Crippen molar-refractivity contribution >= 4 is 18.1 Å². The molecule has 2 aromatic carbocycles. The molecular formula is C21H26FN3O3. The molecule has 0 fully saturated rings. The minimum absolute atomic E-state index is 0.192. The van der Waals surface area contributed by atoms with Crippen LogP contribution in [0.15, 0.2) is 42.5 Å². The third kappa shape index (κ3) is 6.06. The van der Waals surface area contributed by atoms with Crippen molar-refractivity contribution in [3.05, 3.63) is 53.8 Å². The van der Waals surface area contributed by atoms with Gasteiger partial charge in [-0.3, -0.25) is 9.59 Å². The average Bonchev–Trinajstić information content (AvgIpc) is 2.67. The van der Waals surface area contributed by atoms with E-state index < -0.39 is 6.10 Å². The molecule has 28 heavy (non-hydrogen) atoms. The largest absolute Gasteiger partial charge is 0.461 e. The van der Waals surface area contributed by atoms with E-state index in [1.54, 1.807) is 18.0 Å². The van der Waals surface area contributed by atoms with Crippen molar-refractivity contribution < 1.29 is 18.7 Å². The van der Waals surface area contributed by atoms with Crippen LogP contribution in [0.25, 0.3) is 11.1 Å². The number of anilines is 1. The summed E-state index contributed by atoms with van der Waals surface area (Å²) in [7, 11) is 3.65. The van der Waals surface area contributed by atoms with Crippen molar-refractivity contribution in [3.63, 3.8) is 0 Å². The van der Waals surface area contributed by atoms with Gasteiger partial charge in [-0.1, -0.05) is 24.3 Å². The Morgan fingerprint density at radius 1 is 1.25 bits per heavy atom. The van der Waals surface area contributed by atoms with Crippen molar-refractivity contribution in [1.82, 2.24) is 10.6 Å². The molecule has 0 aliphatic heterocycles. The maximum absolute atomic E-state index is 14.7. The summed E-state index contributed by atoms with van der Waals surface area (Å²) in [5.74, 6) is -0.543. The first-order valence-corrected chi connectivity index (χ1v) is 9.02. The molecule has 0 heterocycles. The average molecular weight is 387 g/mol. The number of amides is 1. The van der Waals surface area contributed by atoms with E-state index in [-0.39, 0.29) is 18.3 Å². The smallest absolute Gasteiger partial charge is 0.293 e. The molecule has 6 nitrogen and oxygen atoms in total. The summed E-state index contributed by atoms with van der Waals surface area (Å²) in [6.45, 7) is 3.01. The molecule has 0 spiro atoms. The summed E-state index contributed by atoms with van der Waals surface area (Å²) < 4.78 is 19.7. The predicted molar refractivity (Wildman–Crippen MR) is 107 cm³/mol. The van der Waals surface area contributed by atoms with E-state index in [9.17, 15) is 14.0 Å². The van der Waals surface area contributed by atoms with Crippen LogP contribution in [0, 0.1) is 5.82 Å². The molecule has 0 saturated carbocycles. The molecule has 2 aromatic rings. The Balaban J connectivity index is 2.11. The van der Waals surface area contributed by atoms with Crippen LogP contribution in [0.2, 0.25) is 0 Å². The third-order valence-corrected chi connectivity index (χ3v) is 4.34. The Kier molecular flexibility index (Phi) is 7.95. The Hall–Kier alpha value is -2.93. The number of ether oxygens (including phenoxy) is 1. The molecule has 150 valence electrons. The van der Waals surface area contributed by atoms with Gasteiger partial charge in [-0.05, 0) is 36.4 Å². The number of carbonyl (C=O) groups is 2. The number of likely N-dealkylation sites (N-methyl/N-ethyl adjacent to an activating group) is 1. The summed E-state index contributed by atoms with van der Waals surface area (Å²) in [4.78, 5) is 23.5. The summed E-state index contributed by atoms with van der Waals surface area (Å²) in [6.07, 6.45) is -0.533. The van der Waals surface area contributed by atoms with Crippen molar-refractivity contribution in [2.24, 2.45) is 0 Å². The minimum atomic E-state index is -0.533. The maximum atomic E-state index is 14.7. The van der Waals surface area contributed by atoms with E-state index >= 15 is 0 Å². The highest BCUT2D eigenvalue weighted by Crippen LogP contribution is 2.27. The number of nitrogens with zero attached hydrogens (tertiary/aromatic N) is 1.